The maximum Gasteiger partial charge on any atom is 0.137 e. The summed E-state index contributed by atoms with van der Waals surface area (Å²) in [7, 11) is 0. The average molecular weight is 336 g/mol. The third kappa shape index (κ3) is 3.24. The van der Waals surface area contributed by atoms with Gasteiger partial charge in [-0.3, -0.25) is 0 Å². The van der Waals surface area contributed by atoms with Crippen LogP contribution in [0.4, 0.5) is 5.82 Å². The SMILES string of the molecule is N#Cc1cccc(-c2ccc3ncnc(NCc4ccccc4)c3c2)c1. The molecule has 4 aromatic rings. The third-order valence-corrected chi connectivity index (χ3v) is 4.26. The van der Waals surface area contributed by atoms with Crippen LogP contribution in [-0.4, -0.2) is 9.97 Å². The molecule has 4 heteroatoms. The number of hydrogen-bond acceptors (Lipinski definition) is 4. The van der Waals surface area contributed by atoms with Crippen LogP contribution in [0.3, 0.4) is 0 Å². The fourth-order valence-electron chi connectivity index (χ4n) is 2.93. The molecule has 0 spiro atoms. The number of anilines is 1. The molecule has 0 saturated heterocycles. The molecule has 4 rings (SSSR count). The molecule has 0 saturated carbocycles. The first-order valence-corrected chi connectivity index (χ1v) is 8.36. The van der Waals surface area contributed by atoms with Crippen molar-refractivity contribution in [3.05, 3.63) is 90.3 Å². The number of nitrogens with one attached hydrogen (secondary N) is 1. The van der Waals surface area contributed by atoms with Gasteiger partial charge in [-0.1, -0.05) is 48.5 Å². The quantitative estimate of drug-likeness (QED) is 0.582. The van der Waals surface area contributed by atoms with Crippen LogP contribution >= 0.6 is 0 Å². The highest BCUT2D eigenvalue weighted by atomic mass is 15.0. The van der Waals surface area contributed by atoms with Crippen molar-refractivity contribution in [1.82, 2.24) is 9.97 Å². The van der Waals surface area contributed by atoms with Crippen molar-refractivity contribution in [2.75, 3.05) is 5.32 Å². The van der Waals surface area contributed by atoms with Gasteiger partial charge in [0.15, 0.2) is 0 Å². The van der Waals surface area contributed by atoms with E-state index in [0.29, 0.717) is 12.1 Å². The molecule has 0 aliphatic rings. The summed E-state index contributed by atoms with van der Waals surface area (Å²) < 4.78 is 0. The minimum absolute atomic E-state index is 0.648. The first kappa shape index (κ1) is 15.8. The van der Waals surface area contributed by atoms with Crippen LogP contribution < -0.4 is 5.32 Å². The summed E-state index contributed by atoms with van der Waals surface area (Å²) in [5.41, 5.74) is 4.76. The molecule has 0 fully saturated rings. The van der Waals surface area contributed by atoms with Crippen molar-refractivity contribution in [3.8, 4) is 17.2 Å². The predicted molar refractivity (Wildman–Crippen MR) is 103 cm³/mol. The van der Waals surface area contributed by atoms with Crippen LogP contribution in [0.25, 0.3) is 22.0 Å². The maximum atomic E-state index is 9.12. The van der Waals surface area contributed by atoms with Crippen LogP contribution in [0.5, 0.6) is 0 Å². The standard InChI is InChI=1S/C22H16N4/c23-13-17-7-4-8-18(11-17)19-9-10-21-20(12-19)22(26-15-25-21)24-14-16-5-2-1-3-6-16/h1-12,15H,14H2,(H,24,25,26). The number of hydrogen-bond donors (Lipinski definition) is 1. The Balaban J connectivity index is 1.71. The van der Waals surface area contributed by atoms with Crippen molar-refractivity contribution in [2.24, 2.45) is 0 Å². The highest BCUT2D eigenvalue weighted by molar-refractivity contribution is 5.92. The number of nitrogens with zero attached hydrogens (tertiary/aromatic N) is 3. The minimum Gasteiger partial charge on any atom is -0.365 e. The Kier molecular flexibility index (Phi) is 4.28. The van der Waals surface area contributed by atoms with E-state index in [1.165, 1.54) is 5.56 Å². The summed E-state index contributed by atoms with van der Waals surface area (Å²) in [6, 6.07) is 26.1. The van der Waals surface area contributed by atoms with Gasteiger partial charge >= 0.3 is 0 Å². The highest BCUT2D eigenvalue weighted by Crippen LogP contribution is 2.27. The van der Waals surface area contributed by atoms with Crippen molar-refractivity contribution in [3.63, 3.8) is 0 Å². The maximum absolute atomic E-state index is 9.12. The van der Waals surface area contributed by atoms with Crippen LogP contribution in [0.15, 0.2) is 79.1 Å². The Bertz CT molecular complexity index is 1100. The van der Waals surface area contributed by atoms with Gasteiger partial charge in [0.25, 0.3) is 0 Å². The molecular formula is C22H16N4. The molecule has 0 unspecified atom stereocenters. The van der Waals surface area contributed by atoms with Gasteiger partial charge in [-0.15, -0.1) is 0 Å². The Morgan fingerprint density at radius 1 is 0.846 bits per heavy atom. The van der Waals surface area contributed by atoms with Crippen molar-refractivity contribution < 1.29 is 0 Å². The molecule has 0 amide bonds. The topological polar surface area (TPSA) is 61.6 Å². The van der Waals surface area contributed by atoms with E-state index in [-0.39, 0.29) is 0 Å². The number of aromatic nitrogens is 2. The molecular weight excluding hydrogens is 320 g/mol. The van der Waals surface area contributed by atoms with Gasteiger partial charge in [0, 0.05) is 11.9 Å². The van der Waals surface area contributed by atoms with E-state index in [1.807, 2.05) is 48.5 Å². The second kappa shape index (κ2) is 7.04. The summed E-state index contributed by atoms with van der Waals surface area (Å²) in [5.74, 6) is 0.803. The van der Waals surface area contributed by atoms with Crippen LogP contribution in [0, 0.1) is 11.3 Å². The monoisotopic (exact) mass is 336 g/mol. The average Bonchev–Trinajstić information content (AvgIpc) is 2.72. The number of rotatable bonds is 4. The third-order valence-electron chi connectivity index (χ3n) is 4.26. The smallest absolute Gasteiger partial charge is 0.137 e. The Morgan fingerprint density at radius 2 is 1.69 bits per heavy atom. The largest absolute Gasteiger partial charge is 0.365 e. The van der Waals surface area contributed by atoms with Gasteiger partial charge in [-0.25, -0.2) is 9.97 Å². The molecule has 0 atom stereocenters. The van der Waals surface area contributed by atoms with Crippen LogP contribution in [0.2, 0.25) is 0 Å². The predicted octanol–water partition coefficient (Wildman–Crippen LogP) is 4.78. The second-order valence-corrected chi connectivity index (χ2v) is 5.99. The Morgan fingerprint density at radius 3 is 2.54 bits per heavy atom. The van der Waals surface area contributed by atoms with Gasteiger partial charge in [0.2, 0.25) is 0 Å². The summed E-state index contributed by atoms with van der Waals surface area (Å²) in [6.45, 7) is 0.696. The fourth-order valence-corrected chi connectivity index (χ4v) is 2.93. The van der Waals surface area contributed by atoms with E-state index in [2.05, 4.69) is 39.6 Å². The lowest BCUT2D eigenvalue weighted by atomic mass is 10.0. The number of benzene rings is 3. The van der Waals surface area contributed by atoms with Gasteiger partial charge in [0.1, 0.15) is 12.1 Å². The van der Waals surface area contributed by atoms with Gasteiger partial charge in [-0.05, 0) is 41.0 Å². The fraction of sp³-hybridized carbons (Fsp3) is 0.0455. The molecule has 3 aromatic carbocycles. The molecule has 4 nitrogen and oxygen atoms in total. The molecule has 0 radical (unpaired) electrons. The molecule has 1 heterocycles. The summed E-state index contributed by atoms with van der Waals surface area (Å²) in [5, 5.41) is 13.5. The van der Waals surface area contributed by atoms with Crippen LogP contribution in [0.1, 0.15) is 11.1 Å². The van der Waals surface area contributed by atoms with Gasteiger partial charge in [-0.2, -0.15) is 5.26 Å². The lowest BCUT2D eigenvalue weighted by Crippen LogP contribution is -2.02. The second-order valence-electron chi connectivity index (χ2n) is 5.99. The van der Waals surface area contributed by atoms with E-state index in [4.69, 9.17) is 5.26 Å². The van der Waals surface area contributed by atoms with Gasteiger partial charge < -0.3 is 5.32 Å². The zero-order chi connectivity index (χ0) is 17.8. The molecule has 0 aliphatic carbocycles. The zero-order valence-corrected chi connectivity index (χ0v) is 14.1. The molecule has 0 bridgehead atoms. The highest BCUT2D eigenvalue weighted by Gasteiger charge is 2.07. The normalized spacial score (nSPS) is 10.4. The van der Waals surface area contributed by atoms with Crippen LogP contribution in [-0.2, 0) is 6.54 Å². The van der Waals surface area contributed by atoms with E-state index < -0.39 is 0 Å². The van der Waals surface area contributed by atoms with Crippen molar-refractivity contribution in [1.29, 1.82) is 5.26 Å². The van der Waals surface area contributed by atoms with Gasteiger partial charge in [0.05, 0.1) is 17.1 Å². The van der Waals surface area contributed by atoms with Crippen molar-refractivity contribution in [2.45, 2.75) is 6.54 Å². The zero-order valence-electron chi connectivity index (χ0n) is 14.1. The summed E-state index contributed by atoms with van der Waals surface area (Å²) in [6.07, 6.45) is 1.58. The summed E-state index contributed by atoms with van der Waals surface area (Å²) >= 11 is 0. The van der Waals surface area contributed by atoms with E-state index >= 15 is 0 Å². The molecule has 0 aliphatic heterocycles. The molecule has 1 N–H and O–H groups in total. The minimum atomic E-state index is 0.648. The summed E-state index contributed by atoms with van der Waals surface area (Å²) in [4.78, 5) is 8.78. The number of nitriles is 1. The van der Waals surface area contributed by atoms with Crippen molar-refractivity contribution >= 4 is 16.7 Å². The number of fused-ring (bicyclic) bond motifs is 1. The van der Waals surface area contributed by atoms with E-state index in [9.17, 15) is 0 Å². The molecule has 124 valence electrons. The molecule has 26 heavy (non-hydrogen) atoms. The Labute approximate surface area is 151 Å². The first-order valence-electron chi connectivity index (χ1n) is 8.36. The lowest BCUT2D eigenvalue weighted by molar-refractivity contribution is 1.10. The van der Waals surface area contributed by atoms with E-state index in [0.717, 1.165) is 27.8 Å². The van der Waals surface area contributed by atoms with E-state index in [1.54, 1.807) is 12.4 Å². The Hall–Kier alpha value is -3.71. The first-order chi connectivity index (χ1) is 12.8. The lowest BCUT2D eigenvalue weighted by Gasteiger charge is -2.10. The molecule has 1 aromatic heterocycles.